The zero-order valence-corrected chi connectivity index (χ0v) is 16.5. The largest absolute Gasteiger partial charge is 0.340 e. The second kappa shape index (κ2) is 6.29. The quantitative estimate of drug-likeness (QED) is 0.741. The Balaban J connectivity index is 1.79. The normalized spacial score (nSPS) is 14.2. The minimum Gasteiger partial charge on any atom is -0.340 e. The Morgan fingerprint density at radius 3 is 2.77 bits per heavy atom. The maximum absolute atomic E-state index is 12.6. The molecule has 2 aromatic heterocycles. The van der Waals surface area contributed by atoms with Crippen LogP contribution in [0.5, 0.6) is 0 Å². The SMILES string of the molecule is Cc1ccc(Nc2ncnc3sc4c(c23)CCC4)cc1S(=O)(=O)N(C)C. The zero-order chi connectivity index (χ0) is 18.5. The standard InChI is InChI=1S/C18H20N4O2S2/c1-11-7-8-12(9-15(11)26(23,24)22(2)3)21-17-16-13-5-4-6-14(13)25-18(16)20-10-19-17/h7-10H,4-6H2,1-3H3,(H,19,20,21). The van der Waals surface area contributed by atoms with Crippen LogP contribution < -0.4 is 5.32 Å². The molecule has 0 bridgehead atoms. The minimum absolute atomic E-state index is 0.299. The van der Waals surface area contributed by atoms with Crippen LogP contribution in [-0.2, 0) is 22.9 Å². The van der Waals surface area contributed by atoms with Gasteiger partial charge in [0, 0.05) is 24.7 Å². The van der Waals surface area contributed by atoms with E-state index in [0.717, 1.165) is 28.9 Å². The van der Waals surface area contributed by atoms with Crippen molar-refractivity contribution in [1.82, 2.24) is 14.3 Å². The highest BCUT2D eigenvalue weighted by Crippen LogP contribution is 2.39. The third kappa shape index (κ3) is 2.78. The summed E-state index contributed by atoms with van der Waals surface area (Å²) >= 11 is 1.73. The lowest BCUT2D eigenvalue weighted by molar-refractivity contribution is 0.520. The highest BCUT2D eigenvalue weighted by molar-refractivity contribution is 7.89. The van der Waals surface area contributed by atoms with Crippen LogP contribution in [0.15, 0.2) is 29.4 Å². The maximum Gasteiger partial charge on any atom is 0.242 e. The van der Waals surface area contributed by atoms with Gasteiger partial charge in [-0.25, -0.2) is 22.7 Å². The van der Waals surface area contributed by atoms with Crippen molar-refractivity contribution >= 4 is 43.1 Å². The first kappa shape index (κ1) is 17.4. The first-order chi connectivity index (χ1) is 12.4. The van der Waals surface area contributed by atoms with Gasteiger partial charge in [0.05, 0.1) is 10.3 Å². The van der Waals surface area contributed by atoms with Crippen LogP contribution in [-0.4, -0.2) is 36.8 Å². The molecule has 0 atom stereocenters. The highest BCUT2D eigenvalue weighted by atomic mass is 32.2. The van der Waals surface area contributed by atoms with Gasteiger partial charge in [-0.15, -0.1) is 11.3 Å². The zero-order valence-electron chi connectivity index (χ0n) is 14.9. The maximum atomic E-state index is 12.6. The first-order valence-corrected chi connectivity index (χ1v) is 10.7. The molecule has 0 fully saturated rings. The molecule has 8 heteroatoms. The molecule has 0 spiro atoms. The number of rotatable bonds is 4. The fourth-order valence-corrected chi connectivity index (χ4v) is 5.69. The lowest BCUT2D eigenvalue weighted by Gasteiger charge is -2.15. The Kier molecular flexibility index (Phi) is 4.21. The predicted octanol–water partition coefficient (Wildman–Crippen LogP) is 3.48. The summed E-state index contributed by atoms with van der Waals surface area (Å²) < 4.78 is 26.3. The monoisotopic (exact) mass is 388 g/mol. The summed E-state index contributed by atoms with van der Waals surface area (Å²) in [5.74, 6) is 0.742. The summed E-state index contributed by atoms with van der Waals surface area (Å²) in [6, 6.07) is 5.37. The van der Waals surface area contributed by atoms with Gasteiger partial charge in [-0.1, -0.05) is 6.07 Å². The van der Waals surface area contributed by atoms with Crippen molar-refractivity contribution in [1.29, 1.82) is 0 Å². The molecule has 2 heterocycles. The van der Waals surface area contributed by atoms with Crippen LogP contribution in [0.25, 0.3) is 10.2 Å². The van der Waals surface area contributed by atoms with Crippen molar-refractivity contribution in [3.05, 3.63) is 40.5 Å². The highest BCUT2D eigenvalue weighted by Gasteiger charge is 2.23. The number of thiophene rings is 1. The number of hydrogen-bond acceptors (Lipinski definition) is 6. The molecule has 4 rings (SSSR count). The van der Waals surface area contributed by atoms with Gasteiger partial charge in [0.25, 0.3) is 0 Å². The van der Waals surface area contributed by atoms with Crippen molar-refractivity contribution in [2.24, 2.45) is 0 Å². The Hall–Kier alpha value is -2.03. The number of nitrogens with one attached hydrogen (secondary N) is 1. The molecule has 26 heavy (non-hydrogen) atoms. The second-order valence-electron chi connectivity index (χ2n) is 6.65. The predicted molar refractivity (Wildman–Crippen MR) is 105 cm³/mol. The summed E-state index contributed by atoms with van der Waals surface area (Å²) in [5.41, 5.74) is 2.75. The first-order valence-electron chi connectivity index (χ1n) is 8.43. The molecule has 136 valence electrons. The third-order valence-corrected chi connectivity index (χ3v) is 7.87. The smallest absolute Gasteiger partial charge is 0.242 e. The number of hydrogen-bond donors (Lipinski definition) is 1. The summed E-state index contributed by atoms with van der Waals surface area (Å²) in [4.78, 5) is 11.5. The van der Waals surface area contributed by atoms with Crippen molar-refractivity contribution in [2.45, 2.75) is 31.1 Å². The topological polar surface area (TPSA) is 75.2 Å². The van der Waals surface area contributed by atoms with Gasteiger partial charge in [-0.2, -0.15) is 0 Å². The number of fused-ring (bicyclic) bond motifs is 3. The van der Waals surface area contributed by atoms with Gasteiger partial charge in [-0.3, -0.25) is 0 Å². The van der Waals surface area contributed by atoms with E-state index in [1.54, 1.807) is 30.7 Å². The molecule has 0 radical (unpaired) electrons. The number of nitrogens with zero attached hydrogens (tertiary/aromatic N) is 3. The van der Waals surface area contributed by atoms with Crippen LogP contribution in [0.3, 0.4) is 0 Å². The molecular weight excluding hydrogens is 368 g/mol. The van der Waals surface area contributed by atoms with Gasteiger partial charge >= 0.3 is 0 Å². The molecule has 0 amide bonds. The van der Waals surface area contributed by atoms with Crippen molar-refractivity contribution < 1.29 is 8.42 Å². The van der Waals surface area contributed by atoms with Crippen molar-refractivity contribution in [3.63, 3.8) is 0 Å². The van der Waals surface area contributed by atoms with Gasteiger partial charge in [-0.05, 0) is 49.4 Å². The number of benzene rings is 1. The number of aryl methyl sites for hydroxylation is 3. The molecule has 1 aliphatic rings. The Labute approximate surface area is 157 Å². The average molecular weight is 389 g/mol. The van der Waals surface area contributed by atoms with E-state index in [0.29, 0.717) is 16.1 Å². The Morgan fingerprint density at radius 1 is 1.19 bits per heavy atom. The van der Waals surface area contributed by atoms with E-state index in [1.165, 1.54) is 35.3 Å². The van der Waals surface area contributed by atoms with Crippen molar-refractivity contribution in [3.8, 4) is 0 Å². The molecular formula is C18H20N4O2S2. The molecule has 0 aliphatic heterocycles. The summed E-state index contributed by atoms with van der Waals surface area (Å²) in [5, 5.41) is 4.39. The van der Waals surface area contributed by atoms with Crippen LogP contribution in [0.2, 0.25) is 0 Å². The average Bonchev–Trinajstić information content (AvgIpc) is 3.17. The van der Waals surface area contributed by atoms with E-state index in [1.807, 2.05) is 12.1 Å². The van der Waals surface area contributed by atoms with Gasteiger partial charge in [0.2, 0.25) is 10.0 Å². The Bertz CT molecular complexity index is 1100. The van der Waals surface area contributed by atoms with Crippen LogP contribution in [0.1, 0.15) is 22.4 Å². The van der Waals surface area contributed by atoms with E-state index < -0.39 is 10.0 Å². The molecule has 0 unspecified atom stereocenters. The minimum atomic E-state index is -3.50. The van der Waals surface area contributed by atoms with E-state index >= 15 is 0 Å². The molecule has 6 nitrogen and oxygen atoms in total. The van der Waals surface area contributed by atoms with Crippen molar-refractivity contribution in [2.75, 3.05) is 19.4 Å². The number of anilines is 2. The molecule has 0 saturated carbocycles. The summed E-state index contributed by atoms with van der Waals surface area (Å²) in [7, 11) is -0.423. The molecule has 1 N–H and O–H groups in total. The van der Waals surface area contributed by atoms with E-state index in [4.69, 9.17) is 0 Å². The van der Waals surface area contributed by atoms with E-state index in [-0.39, 0.29) is 0 Å². The van der Waals surface area contributed by atoms with Crippen LogP contribution in [0, 0.1) is 6.92 Å². The fourth-order valence-electron chi connectivity index (χ4n) is 3.31. The third-order valence-electron chi connectivity index (χ3n) is 4.71. The van der Waals surface area contributed by atoms with Gasteiger partial charge in [0.1, 0.15) is 17.0 Å². The van der Waals surface area contributed by atoms with Gasteiger partial charge < -0.3 is 5.32 Å². The van der Waals surface area contributed by atoms with Crippen LogP contribution in [0.4, 0.5) is 11.5 Å². The van der Waals surface area contributed by atoms with Gasteiger partial charge in [0.15, 0.2) is 0 Å². The molecule has 1 aliphatic carbocycles. The second-order valence-corrected chi connectivity index (χ2v) is 9.86. The summed E-state index contributed by atoms with van der Waals surface area (Å²) in [6.07, 6.45) is 4.88. The van der Waals surface area contributed by atoms with Crippen LogP contribution >= 0.6 is 11.3 Å². The van der Waals surface area contributed by atoms with E-state index in [2.05, 4.69) is 15.3 Å². The fraction of sp³-hybridized carbons (Fsp3) is 0.333. The summed E-state index contributed by atoms with van der Waals surface area (Å²) in [6.45, 7) is 1.80. The molecule has 1 aromatic carbocycles. The van der Waals surface area contributed by atoms with E-state index in [9.17, 15) is 8.42 Å². The lowest BCUT2D eigenvalue weighted by Crippen LogP contribution is -2.23. The Morgan fingerprint density at radius 2 is 2.00 bits per heavy atom. The lowest BCUT2D eigenvalue weighted by atomic mass is 10.2. The molecule has 3 aromatic rings. The number of sulfonamides is 1. The number of aromatic nitrogens is 2. The molecule has 0 saturated heterocycles.